The molecule has 0 spiro atoms. The Morgan fingerprint density at radius 2 is 1.94 bits per heavy atom. The fourth-order valence-corrected chi connectivity index (χ4v) is 2.91. The molecule has 1 rings (SSSR count). The summed E-state index contributed by atoms with van der Waals surface area (Å²) >= 11 is 0. The molecule has 0 radical (unpaired) electrons. The Hall–Kier alpha value is -0.870. The lowest BCUT2D eigenvalue weighted by Crippen LogP contribution is -2.28. The van der Waals surface area contributed by atoms with E-state index in [1.165, 1.54) is 0 Å². The van der Waals surface area contributed by atoms with Crippen LogP contribution in [0.15, 0.2) is 24.3 Å². The molecule has 17 heavy (non-hydrogen) atoms. The second-order valence-electron chi connectivity index (χ2n) is 4.09. The Bertz CT molecular complexity index is 364. The van der Waals surface area contributed by atoms with E-state index in [9.17, 15) is 4.21 Å². The van der Waals surface area contributed by atoms with E-state index in [1.807, 2.05) is 38.1 Å². The van der Waals surface area contributed by atoms with Gasteiger partial charge in [0, 0.05) is 22.6 Å². The summed E-state index contributed by atoms with van der Waals surface area (Å²) in [7, 11) is 0.774. The zero-order valence-electron chi connectivity index (χ0n) is 10.7. The smallest absolute Gasteiger partial charge is 0.118 e. The summed E-state index contributed by atoms with van der Waals surface area (Å²) in [5.41, 5.74) is 7.13. The topological polar surface area (TPSA) is 52.3 Å². The molecule has 0 aliphatic carbocycles. The third-order valence-corrected chi connectivity index (χ3v) is 4.76. The molecular weight excluding hydrogens is 234 g/mol. The Labute approximate surface area is 106 Å². The number of hydrogen-bond acceptors (Lipinski definition) is 3. The average Bonchev–Trinajstić information content (AvgIpc) is 2.37. The first-order chi connectivity index (χ1) is 8.10. The molecule has 3 unspecified atom stereocenters. The summed E-state index contributed by atoms with van der Waals surface area (Å²) in [6, 6.07) is 7.44. The van der Waals surface area contributed by atoms with Gasteiger partial charge in [-0.3, -0.25) is 4.21 Å². The maximum Gasteiger partial charge on any atom is 0.118 e. The Kier molecular flexibility index (Phi) is 5.65. The van der Waals surface area contributed by atoms with Gasteiger partial charge in [0.2, 0.25) is 0 Å². The van der Waals surface area contributed by atoms with Crippen LogP contribution in [0.4, 0.5) is 0 Å². The quantitative estimate of drug-likeness (QED) is 0.848. The van der Waals surface area contributed by atoms with E-state index in [0.29, 0.717) is 5.75 Å². The van der Waals surface area contributed by atoms with Gasteiger partial charge in [0.15, 0.2) is 0 Å². The standard InChI is InChI=1S/C13H21NO2S/c1-4-9-17(15)10(2)13(14)11-5-7-12(16-3)8-6-11/h5-8,10,13H,4,9,14H2,1-3H3. The summed E-state index contributed by atoms with van der Waals surface area (Å²) in [5, 5.41) is -0.0247. The van der Waals surface area contributed by atoms with Crippen molar-refractivity contribution in [3.05, 3.63) is 29.8 Å². The van der Waals surface area contributed by atoms with Gasteiger partial charge in [-0.25, -0.2) is 0 Å². The van der Waals surface area contributed by atoms with E-state index in [1.54, 1.807) is 7.11 Å². The van der Waals surface area contributed by atoms with Crippen molar-refractivity contribution < 1.29 is 8.95 Å². The van der Waals surface area contributed by atoms with Crippen molar-refractivity contribution in [2.45, 2.75) is 31.6 Å². The fourth-order valence-electron chi connectivity index (χ4n) is 1.65. The molecule has 2 N–H and O–H groups in total. The van der Waals surface area contributed by atoms with E-state index in [-0.39, 0.29) is 11.3 Å². The maximum absolute atomic E-state index is 11.9. The van der Waals surface area contributed by atoms with Crippen molar-refractivity contribution in [3.8, 4) is 5.75 Å². The lowest BCUT2D eigenvalue weighted by atomic mass is 10.1. The SMILES string of the molecule is CCCS(=O)C(C)C(N)c1ccc(OC)cc1. The first kappa shape index (κ1) is 14.2. The summed E-state index contributed by atoms with van der Waals surface area (Å²) in [4.78, 5) is 0. The number of methoxy groups -OCH3 is 1. The van der Waals surface area contributed by atoms with Crippen molar-refractivity contribution >= 4 is 10.8 Å². The molecule has 0 aliphatic heterocycles. The van der Waals surface area contributed by atoms with Crippen LogP contribution in [-0.2, 0) is 10.8 Å². The predicted molar refractivity (Wildman–Crippen MR) is 72.7 cm³/mol. The van der Waals surface area contributed by atoms with Crippen molar-refractivity contribution in [2.24, 2.45) is 5.73 Å². The molecule has 0 aromatic heterocycles. The van der Waals surface area contributed by atoms with E-state index < -0.39 is 10.8 Å². The molecule has 0 heterocycles. The van der Waals surface area contributed by atoms with Crippen LogP contribution < -0.4 is 10.5 Å². The Balaban J connectivity index is 2.73. The van der Waals surface area contributed by atoms with Crippen LogP contribution in [0.1, 0.15) is 31.9 Å². The summed E-state index contributed by atoms with van der Waals surface area (Å²) in [6.07, 6.45) is 0.923. The Morgan fingerprint density at radius 3 is 2.41 bits per heavy atom. The van der Waals surface area contributed by atoms with E-state index >= 15 is 0 Å². The predicted octanol–water partition coefficient (Wildman–Crippen LogP) is 2.24. The molecule has 0 fully saturated rings. The van der Waals surface area contributed by atoms with Crippen LogP contribution in [0.5, 0.6) is 5.75 Å². The fraction of sp³-hybridized carbons (Fsp3) is 0.538. The van der Waals surface area contributed by atoms with E-state index in [2.05, 4.69) is 0 Å². The number of nitrogens with two attached hydrogens (primary N) is 1. The molecule has 3 nitrogen and oxygen atoms in total. The second-order valence-corrected chi connectivity index (χ2v) is 6.00. The van der Waals surface area contributed by atoms with Gasteiger partial charge in [0.05, 0.1) is 12.4 Å². The summed E-state index contributed by atoms with van der Waals surface area (Å²) in [6.45, 7) is 3.98. The van der Waals surface area contributed by atoms with Crippen LogP contribution in [0.25, 0.3) is 0 Å². The van der Waals surface area contributed by atoms with E-state index in [4.69, 9.17) is 10.5 Å². The summed E-state index contributed by atoms with van der Waals surface area (Å²) in [5.74, 6) is 1.52. The third-order valence-electron chi connectivity index (χ3n) is 2.83. The molecular formula is C13H21NO2S. The molecule has 1 aromatic rings. The maximum atomic E-state index is 11.9. The molecule has 4 heteroatoms. The summed E-state index contributed by atoms with van der Waals surface area (Å²) < 4.78 is 17.0. The lowest BCUT2D eigenvalue weighted by molar-refractivity contribution is 0.414. The number of hydrogen-bond donors (Lipinski definition) is 1. The minimum atomic E-state index is -0.859. The van der Waals surface area contributed by atoms with Gasteiger partial charge < -0.3 is 10.5 Å². The van der Waals surface area contributed by atoms with Gasteiger partial charge in [-0.2, -0.15) is 0 Å². The lowest BCUT2D eigenvalue weighted by Gasteiger charge is -2.19. The number of rotatable bonds is 6. The highest BCUT2D eigenvalue weighted by atomic mass is 32.2. The van der Waals surface area contributed by atoms with Crippen LogP contribution in [0, 0.1) is 0 Å². The highest BCUT2D eigenvalue weighted by Crippen LogP contribution is 2.21. The van der Waals surface area contributed by atoms with Crippen molar-refractivity contribution in [1.29, 1.82) is 0 Å². The van der Waals surface area contributed by atoms with Crippen LogP contribution >= 0.6 is 0 Å². The van der Waals surface area contributed by atoms with E-state index in [0.717, 1.165) is 17.7 Å². The first-order valence-corrected chi connectivity index (χ1v) is 7.25. The Morgan fingerprint density at radius 1 is 1.35 bits per heavy atom. The average molecular weight is 255 g/mol. The monoisotopic (exact) mass is 255 g/mol. The molecule has 0 amide bonds. The van der Waals surface area contributed by atoms with Crippen molar-refractivity contribution in [3.63, 3.8) is 0 Å². The van der Waals surface area contributed by atoms with Gasteiger partial charge >= 0.3 is 0 Å². The van der Waals surface area contributed by atoms with Gasteiger partial charge in [0.1, 0.15) is 5.75 Å². The zero-order valence-corrected chi connectivity index (χ0v) is 11.5. The minimum absolute atomic E-state index is 0.0247. The van der Waals surface area contributed by atoms with Gasteiger partial charge in [-0.05, 0) is 31.0 Å². The van der Waals surface area contributed by atoms with Crippen LogP contribution in [0.2, 0.25) is 0 Å². The van der Waals surface area contributed by atoms with Crippen molar-refractivity contribution in [1.82, 2.24) is 0 Å². The highest BCUT2D eigenvalue weighted by molar-refractivity contribution is 7.85. The zero-order chi connectivity index (χ0) is 12.8. The third kappa shape index (κ3) is 3.82. The minimum Gasteiger partial charge on any atom is -0.497 e. The van der Waals surface area contributed by atoms with Crippen LogP contribution in [0.3, 0.4) is 0 Å². The second kappa shape index (κ2) is 6.77. The molecule has 0 aliphatic rings. The molecule has 1 aromatic carbocycles. The van der Waals surface area contributed by atoms with Gasteiger partial charge in [-0.1, -0.05) is 19.1 Å². The number of ether oxygens (including phenoxy) is 1. The van der Waals surface area contributed by atoms with Crippen LogP contribution in [-0.4, -0.2) is 22.3 Å². The first-order valence-electron chi connectivity index (χ1n) is 5.86. The number of benzene rings is 1. The molecule has 3 atom stereocenters. The molecule has 0 saturated carbocycles. The van der Waals surface area contributed by atoms with Crippen molar-refractivity contribution in [2.75, 3.05) is 12.9 Å². The van der Waals surface area contributed by atoms with Gasteiger partial charge in [-0.15, -0.1) is 0 Å². The highest BCUT2D eigenvalue weighted by Gasteiger charge is 2.20. The normalized spacial score (nSPS) is 16.2. The largest absolute Gasteiger partial charge is 0.497 e. The molecule has 0 bridgehead atoms. The molecule has 96 valence electrons. The van der Waals surface area contributed by atoms with Gasteiger partial charge in [0.25, 0.3) is 0 Å². The molecule has 0 saturated heterocycles.